The summed E-state index contributed by atoms with van der Waals surface area (Å²) in [6.45, 7) is 5.38. The number of hydrogen-bond acceptors (Lipinski definition) is 2. The van der Waals surface area contributed by atoms with Gasteiger partial charge in [0, 0.05) is 24.2 Å². The highest BCUT2D eigenvalue weighted by molar-refractivity contribution is 6.00. The molecule has 16 heavy (non-hydrogen) atoms. The highest BCUT2D eigenvalue weighted by Crippen LogP contribution is 2.27. The zero-order valence-electron chi connectivity index (χ0n) is 9.56. The van der Waals surface area contributed by atoms with Gasteiger partial charge in [0.2, 0.25) is 0 Å². The predicted octanol–water partition coefficient (Wildman–Crippen LogP) is 2.87. The van der Waals surface area contributed by atoms with Gasteiger partial charge in [-0.2, -0.15) is 0 Å². The van der Waals surface area contributed by atoms with Gasteiger partial charge in [0.25, 0.3) is 5.91 Å². The summed E-state index contributed by atoms with van der Waals surface area (Å²) >= 11 is 0. The van der Waals surface area contributed by atoms with Gasteiger partial charge in [-0.1, -0.05) is 18.2 Å². The van der Waals surface area contributed by atoms with E-state index in [2.05, 4.69) is 0 Å². The molecule has 1 heterocycles. The minimum Gasteiger partial charge on any atom is -0.471 e. The van der Waals surface area contributed by atoms with E-state index in [1.807, 2.05) is 32.0 Å². The van der Waals surface area contributed by atoms with Crippen LogP contribution in [0, 0.1) is 0 Å². The number of carbonyl (C=O) groups is 1. The first-order valence-corrected chi connectivity index (χ1v) is 5.52. The second kappa shape index (κ2) is 4.39. The lowest BCUT2D eigenvalue weighted by atomic mass is 10.1. The van der Waals surface area contributed by atoms with Gasteiger partial charge in [-0.25, -0.2) is 0 Å². The molecule has 0 saturated carbocycles. The van der Waals surface area contributed by atoms with Gasteiger partial charge < -0.3 is 9.32 Å². The zero-order chi connectivity index (χ0) is 11.5. The molecule has 0 aromatic rings. The number of carbonyl (C=O) groups excluding carboxylic acids is 1. The first kappa shape index (κ1) is 10.7. The fourth-order valence-electron chi connectivity index (χ4n) is 1.87. The molecule has 3 heteroatoms. The molecule has 0 fully saturated rings. The van der Waals surface area contributed by atoms with E-state index in [9.17, 15) is 4.79 Å². The highest BCUT2D eigenvalue weighted by Gasteiger charge is 2.19. The zero-order valence-corrected chi connectivity index (χ0v) is 9.56. The number of rotatable bonds is 3. The Morgan fingerprint density at radius 2 is 2.00 bits per heavy atom. The minimum absolute atomic E-state index is 0.0329. The molecule has 0 atom stereocenters. The van der Waals surface area contributed by atoms with Crippen molar-refractivity contribution in [3.8, 4) is 11.1 Å². The van der Waals surface area contributed by atoms with E-state index in [4.69, 9.17) is 4.42 Å². The Morgan fingerprint density at radius 1 is 1.25 bits per heavy atom. The van der Waals surface area contributed by atoms with Crippen molar-refractivity contribution in [3.05, 3.63) is 36.3 Å². The Hall–Kier alpha value is -1.77. The summed E-state index contributed by atoms with van der Waals surface area (Å²) in [6, 6.07) is 5.82. The van der Waals surface area contributed by atoms with Crippen molar-refractivity contribution < 1.29 is 9.21 Å². The van der Waals surface area contributed by atoms with Crippen LogP contribution in [0.25, 0.3) is 11.1 Å². The lowest BCUT2D eigenvalue weighted by molar-refractivity contribution is 0.0771. The molecule has 1 aliphatic carbocycles. The predicted molar refractivity (Wildman–Crippen MR) is 62.6 cm³/mol. The molecule has 2 rings (SSSR count). The van der Waals surface area contributed by atoms with Crippen LogP contribution in [0.3, 0.4) is 0 Å². The topological polar surface area (TPSA) is 33.5 Å². The van der Waals surface area contributed by atoms with E-state index in [0.29, 0.717) is 18.7 Å². The summed E-state index contributed by atoms with van der Waals surface area (Å²) in [5, 5.41) is 0. The third-order valence-electron chi connectivity index (χ3n) is 2.80. The summed E-state index contributed by atoms with van der Waals surface area (Å²) in [5.41, 5.74) is 2.58. The normalized spacial score (nSPS) is 10.6. The lowest BCUT2D eigenvalue weighted by Crippen LogP contribution is -2.30. The van der Waals surface area contributed by atoms with Crippen molar-refractivity contribution >= 4 is 5.91 Å². The maximum absolute atomic E-state index is 12.2. The summed E-state index contributed by atoms with van der Waals surface area (Å²) in [7, 11) is 0. The SMILES string of the molecule is CCN(CC)C(=O)c1cocc2cccc1-2. The molecule has 0 aromatic carbocycles. The Bertz CT molecular complexity index is 457. The molecule has 0 aromatic heterocycles. The molecule has 0 bridgehead atoms. The third kappa shape index (κ3) is 1.69. The highest BCUT2D eigenvalue weighted by atomic mass is 16.3. The van der Waals surface area contributed by atoms with E-state index in [1.165, 1.54) is 6.26 Å². The fourth-order valence-corrected chi connectivity index (χ4v) is 1.87. The maximum Gasteiger partial charge on any atom is 0.257 e. The van der Waals surface area contributed by atoms with Gasteiger partial charge in [0.05, 0.1) is 11.8 Å². The molecule has 1 aliphatic heterocycles. The van der Waals surface area contributed by atoms with Gasteiger partial charge >= 0.3 is 0 Å². The summed E-state index contributed by atoms with van der Waals surface area (Å²) in [6.07, 6.45) is 3.19. The largest absolute Gasteiger partial charge is 0.471 e. The van der Waals surface area contributed by atoms with E-state index >= 15 is 0 Å². The Balaban J connectivity index is 2.40. The maximum atomic E-state index is 12.2. The molecule has 0 saturated heterocycles. The summed E-state index contributed by atoms with van der Waals surface area (Å²) in [4.78, 5) is 14.0. The van der Waals surface area contributed by atoms with Crippen LogP contribution in [0.15, 0.2) is 35.1 Å². The number of hydrogen-bond donors (Lipinski definition) is 0. The van der Waals surface area contributed by atoms with Gasteiger partial charge in [-0.3, -0.25) is 4.79 Å². The molecule has 0 spiro atoms. The molecule has 84 valence electrons. The van der Waals surface area contributed by atoms with Crippen molar-refractivity contribution in [3.63, 3.8) is 0 Å². The molecule has 3 nitrogen and oxygen atoms in total. The number of amides is 1. The van der Waals surface area contributed by atoms with Crippen molar-refractivity contribution in [2.75, 3.05) is 13.1 Å². The molecular formula is C13H15NO2. The average molecular weight is 217 g/mol. The van der Waals surface area contributed by atoms with E-state index in [-0.39, 0.29) is 5.91 Å². The van der Waals surface area contributed by atoms with Crippen LogP contribution in [-0.2, 0) is 0 Å². The van der Waals surface area contributed by atoms with Gasteiger partial charge in [0.1, 0.15) is 6.26 Å². The first-order valence-electron chi connectivity index (χ1n) is 5.52. The van der Waals surface area contributed by atoms with E-state index in [1.54, 1.807) is 11.2 Å². The molecule has 1 amide bonds. The lowest BCUT2D eigenvalue weighted by Gasteiger charge is -2.19. The monoisotopic (exact) mass is 217 g/mol. The third-order valence-corrected chi connectivity index (χ3v) is 2.80. The van der Waals surface area contributed by atoms with Crippen molar-refractivity contribution in [2.45, 2.75) is 13.8 Å². The number of nitrogens with zero attached hydrogens (tertiary/aromatic N) is 1. The van der Waals surface area contributed by atoms with Gasteiger partial charge in [-0.15, -0.1) is 0 Å². The minimum atomic E-state index is 0.0329. The van der Waals surface area contributed by atoms with Crippen LogP contribution in [0.1, 0.15) is 24.2 Å². The summed E-state index contributed by atoms with van der Waals surface area (Å²) in [5.74, 6) is 0.0329. The van der Waals surface area contributed by atoms with E-state index < -0.39 is 0 Å². The van der Waals surface area contributed by atoms with Crippen LogP contribution in [-0.4, -0.2) is 23.9 Å². The molecule has 0 N–H and O–H groups in total. The van der Waals surface area contributed by atoms with Crippen LogP contribution in [0.2, 0.25) is 0 Å². The van der Waals surface area contributed by atoms with E-state index in [0.717, 1.165) is 11.1 Å². The van der Waals surface area contributed by atoms with Gasteiger partial charge in [-0.05, 0) is 13.8 Å². The molecule has 0 radical (unpaired) electrons. The smallest absolute Gasteiger partial charge is 0.257 e. The van der Waals surface area contributed by atoms with Crippen molar-refractivity contribution in [1.29, 1.82) is 0 Å². The second-order valence-corrected chi connectivity index (χ2v) is 3.66. The van der Waals surface area contributed by atoms with Crippen LogP contribution >= 0.6 is 0 Å². The Labute approximate surface area is 95.0 Å². The molecule has 2 aliphatic rings. The van der Waals surface area contributed by atoms with Crippen LogP contribution in [0.4, 0.5) is 0 Å². The first-order chi connectivity index (χ1) is 7.77. The van der Waals surface area contributed by atoms with Gasteiger partial charge in [0.15, 0.2) is 0 Å². The quantitative estimate of drug-likeness (QED) is 0.792. The number of fused-ring (bicyclic) bond motifs is 1. The molecule has 0 unspecified atom stereocenters. The fraction of sp³-hybridized carbons (Fsp3) is 0.308. The van der Waals surface area contributed by atoms with Crippen LogP contribution < -0.4 is 0 Å². The molecular weight excluding hydrogens is 202 g/mol. The Morgan fingerprint density at radius 3 is 2.69 bits per heavy atom. The standard InChI is InChI=1S/C13H15NO2/c1-3-14(4-2)13(15)12-9-16-8-10-6-5-7-11(10)12/h5-9H,3-4H2,1-2H3. The second-order valence-electron chi connectivity index (χ2n) is 3.66. The van der Waals surface area contributed by atoms with Crippen molar-refractivity contribution in [1.82, 2.24) is 4.90 Å². The average Bonchev–Trinajstić information content (AvgIpc) is 2.78. The van der Waals surface area contributed by atoms with Crippen LogP contribution in [0.5, 0.6) is 0 Å². The van der Waals surface area contributed by atoms with Crippen molar-refractivity contribution in [2.24, 2.45) is 0 Å². The summed E-state index contributed by atoms with van der Waals surface area (Å²) < 4.78 is 5.19. The Kier molecular flexibility index (Phi) is 2.95.